The molecule has 0 aliphatic carbocycles. The number of aromatic nitrogens is 4. The molecule has 3 aromatic rings. The third-order valence-corrected chi connectivity index (χ3v) is 4.09. The monoisotopic (exact) mass is 423 g/mol. The Balaban J connectivity index is 2.27. The van der Waals surface area contributed by atoms with Crippen LogP contribution in [0, 0.1) is 0 Å². The van der Waals surface area contributed by atoms with Crippen LogP contribution in [0.2, 0.25) is 5.02 Å². The summed E-state index contributed by atoms with van der Waals surface area (Å²) in [4.78, 5) is 0. The van der Waals surface area contributed by atoms with Gasteiger partial charge in [-0.15, -0.1) is 0 Å². The fourth-order valence-electron chi connectivity index (χ4n) is 2.63. The number of benzene rings is 1. The van der Waals surface area contributed by atoms with Crippen LogP contribution in [0.1, 0.15) is 18.2 Å². The molecule has 0 aliphatic rings. The van der Waals surface area contributed by atoms with Crippen molar-refractivity contribution in [2.24, 2.45) is 0 Å². The zero-order chi connectivity index (χ0) is 20.9. The molecule has 2 N–H and O–H groups in total. The maximum absolute atomic E-state index is 13.5. The smallest absolute Gasteiger partial charge is 0.383 e. The van der Waals surface area contributed by atoms with Gasteiger partial charge in [0, 0.05) is 23.8 Å². The number of hydrogen-bond acceptors (Lipinski definition) is 3. The van der Waals surface area contributed by atoms with Crippen molar-refractivity contribution in [1.82, 2.24) is 19.6 Å². The van der Waals surface area contributed by atoms with E-state index in [1.807, 2.05) is 0 Å². The minimum absolute atomic E-state index is 0.00540. The fourth-order valence-corrected chi connectivity index (χ4v) is 2.86. The number of alkyl halides is 6. The van der Waals surface area contributed by atoms with Crippen LogP contribution in [0.25, 0.3) is 16.9 Å². The third-order valence-electron chi connectivity index (χ3n) is 3.87. The summed E-state index contributed by atoms with van der Waals surface area (Å²) in [5, 5.41) is 7.10. The Morgan fingerprint density at radius 1 is 1.04 bits per heavy atom. The summed E-state index contributed by atoms with van der Waals surface area (Å²) < 4.78 is 82.0. The van der Waals surface area contributed by atoms with Gasteiger partial charge in [0.15, 0.2) is 11.5 Å². The summed E-state index contributed by atoms with van der Waals surface area (Å²) in [6.45, 7) is 2.21. The largest absolute Gasteiger partial charge is 0.435 e. The highest BCUT2D eigenvalue weighted by Gasteiger charge is 2.40. The molecule has 5 nitrogen and oxygen atoms in total. The minimum atomic E-state index is -4.97. The predicted octanol–water partition coefficient (Wildman–Crippen LogP) is 5.03. The summed E-state index contributed by atoms with van der Waals surface area (Å²) in [5.74, 6) is -0.516. The second-order valence-corrected chi connectivity index (χ2v) is 6.21. The third kappa shape index (κ3) is 3.66. The lowest BCUT2D eigenvalue weighted by atomic mass is 10.0. The highest BCUT2D eigenvalue weighted by atomic mass is 35.5. The van der Waals surface area contributed by atoms with Gasteiger partial charge in [0.1, 0.15) is 5.82 Å². The predicted molar refractivity (Wildman–Crippen MR) is 89.9 cm³/mol. The van der Waals surface area contributed by atoms with Gasteiger partial charge in [-0.2, -0.15) is 41.2 Å². The number of hydrogen-bond donors (Lipinski definition) is 1. The lowest BCUT2D eigenvalue weighted by Crippen LogP contribution is -2.09. The van der Waals surface area contributed by atoms with E-state index in [0.717, 1.165) is 10.7 Å². The second kappa shape index (κ2) is 6.73. The van der Waals surface area contributed by atoms with Gasteiger partial charge in [0.25, 0.3) is 0 Å². The summed E-state index contributed by atoms with van der Waals surface area (Å²) >= 11 is 5.71. The van der Waals surface area contributed by atoms with Gasteiger partial charge in [-0.3, -0.25) is 4.68 Å². The molecular weight excluding hydrogens is 412 g/mol. The fraction of sp³-hybridized carbons (Fsp3) is 0.250. The van der Waals surface area contributed by atoms with E-state index in [9.17, 15) is 26.3 Å². The molecule has 0 amide bonds. The van der Waals surface area contributed by atoms with Gasteiger partial charge in [-0.25, -0.2) is 0 Å². The molecule has 1 aromatic carbocycles. The topological polar surface area (TPSA) is 61.7 Å². The number of anilines is 1. The first kappa shape index (κ1) is 20.1. The highest BCUT2D eigenvalue weighted by Crippen LogP contribution is 2.43. The maximum Gasteiger partial charge on any atom is 0.435 e. The van der Waals surface area contributed by atoms with Crippen LogP contribution >= 0.6 is 11.6 Å². The van der Waals surface area contributed by atoms with Crippen molar-refractivity contribution in [3.05, 3.63) is 46.7 Å². The van der Waals surface area contributed by atoms with Crippen LogP contribution in [0.3, 0.4) is 0 Å². The molecule has 28 heavy (non-hydrogen) atoms. The van der Waals surface area contributed by atoms with Gasteiger partial charge in [0.05, 0.1) is 11.1 Å². The molecule has 0 saturated heterocycles. The van der Waals surface area contributed by atoms with Crippen molar-refractivity contribution in [3.8, 4) is 16.9 Å². The van der Waals surface area contributed by atoms with E-state index in [-0.39, 0.29) is 10.8 Å². The summed E-state index contributed by atoms with van der Waals surface area (Å²) in [6.07, 6.45) is -8.27. The number of halogens is 7. The van der Waals surface area contributed by atoms with Crippen molar-refractivity contribution >= 4 is 17.4 Å². The number of aryl methyl sites for hydroxylation is 1. The quantitative estimate of drug-likeness (QED) is 0.601. The van der Waals surface area contributed by atoms with Gasteiger partial charge >= 0.3 is 12.4 Å². The molecule has 150 valence electrons. The Morgan fingerprint density at radius 3 is 2.25 bits per heavy atom. The lowest BCUT2D eigenvalue weighted by Gasteiger charge is -2.11. The molecule has 12 heteroatoms. The average molecular weight is 424 g/mol. The van der Waals surface area contributed by atoms with Crippen molar-refractivity contribution < 1.29 is 26.3 Å². The van der Waals surface area contributed by atoms with E-state index in [4.69, 9.17) is 17.3 Å². The number of nitrogens with zero attached hydrogens (tertiary/aromatic N) is 4. The molecule has 3 rings (SSSR count). The SMILES string of the molecule is CCn1ccc(-n2nc(C(F)(F)F)c(-c3cc(Cl)cc(C(F)(F)F)c3)c2N)n1. The van der Waals surface area contributed by atoms with Crippen LogP contribution in [-0.2, 0) is 18.9 Å². The van der Waals surface area contributed by atoms with Crippen LogP contribution in [-0.4, -0.2) is 19.6 Å². The summed E-state index contributed by atoms with van der Waals surface area (Å²) in [7, 11) is 0. The molecular formula is C16H12ClF6N5. The second-order valence-electron chi connectivity index (χ2n) is 5.77. The van der Waals surface area contributed by atoms with Gasteiger partial charge in [-0.05, 0) is 30.7 Å². The number of nitrogen functional groups attached to an aromatic ring is 1. The van der Waals surface area contributed by atoms with Gasteiger partial charge in [0.2, 0.25) is 0 Å². The lowest BCUT2D eigenvalue weighted by molar-refractivity contribution is -0.140. The molecule has 2 heterocycles. The Morgan fingerprint density at radius 2 is 1.71 bits per heavy atom. The maximum atomic E-state index is 13.5. The molecule has 0 aliphatic heterocycles. The van der Waals surface area contributed by atoms with Crippen LogP contribution < -0.4 is 5.73 Å². The molecule has 0 fully saturated rings. The van der Waals surface area contributed by atoms with Crippen molar-refractivity contribution in [3.63, 3.8) is 0 Å². The molecule has 0 unspecified atom stereocenters. The van der Waals surface area contributed by atoms with Crippen LogP contribution in [0.4, 0.5) is 32.2 Å². The summed E-state index contributed by atoms with van der Waals surface area (Å²) in [6, 6.07) is 3.51. The van der Waals surface area contributed by atoms with Gasteiger partial charge < -0.3 is 5.73 Å². The van der Waals surface area contributed by atoms with E-state index >= 15 is 0 Å². The van der Waals surface area contributed by atoms with Crippen molar-refractivity contribution in [1.29, 1.82) is 0 Å². The number of rotatable bonds is 3. The molecule has 0 saturated carbocycles. The summed E-state index contributed by atoms with van der Waals surface area (Å²) in [5.41, 5.74) is 2.05. The molecule has 0 atom stereocenters. The van der Waals surface area contributed by atoms with Crippen molar-refractivity contribution in [2.45, 2.75) is 25.8 Å². The van der Waals surface area contributed by atoms with Gasteiger partial charge in [-0.1, -0.05) is 11.6 Å². The zero-order valence-electron chi connectivity index (χ0n) is 14.1. The van der Waals surface area contributed by atoms with E-state index < -0.39 is 40.6 Å². The Labute approximate surface area is 159 Å². The van der Waals surface area contributed by atoms with E-state index in [1.54, 1.807) is 6.92 Å². The Kier molecular flexibility index (Phi) is 4.82. The first-order valence-electron chi connectivity index (χ1n) is 7.79. The van der Waals surface area contributed by atoms with Crippen LogP contribution in [0.5, 0.6) is 0 Å². The Bertz CT molecular complexity index is 1020. The van der Waals surface area contributed by atoms with E-state index in [2.05, 4.69) is 10.2 Å². The zero-order valence-corrected chi connectivity index (χ0v) is 14.9. The standard InChI is InChI=1S/C16H12ClF6N5/c1-2-27-4-3-11(25-27)28-14(24)12(13(26-28)16(21,22)23)8-5-9(15(18,19)20)7-10(17)6-8/h3-7H,2,24H2,1H3. The molecule has 0 bridgehead atoms. The average Bonchev–Trinajstić information content (AvgIpc) is 3.17. The van der Waals surface area contributed by atoms with E-state index in [0.29, 0.717) is 18.7 Å². The molecule has 0 spiro atoms. The van der Waals surface area contributed by atoms with Crippen molar-refractivity contribution in [2.75, 3.05) is 5.73 Å². The first-order valence-corrected chi connectivity index (χ1v) is 8.17. The molecule has 0 radical (unpaired) electrons. The molecule has 2 aromatic heterocycles. The Hall–Kier alpha value is -2.69. The highest BCUT2D eigenvalue weighted by molar-refractivity contribution is 6.31. The normalized spacial score (nSPS) is 12.6. The van der Waals surface area contributed by atoms with Crippen LogP contribution in [0.15, 0.2) is 30.5 Å². The minimum Gasteiger partial charge on any atom is -0.383 e. The van der Waals surface area contributed by atoms with E-state index in [1.165, 1.54) is 16.9 Å². The number of nitrogens with two attached hydrogens (primary N) is 1. The first-order chi connectivity index (χ1) is 12.9.